The molecule has 0 radical (unpaired) electrons. The molecule has 2 rings (SSSR count). The highest BCUT2D eigenvalue weighted by atomic mass is 16.3. The third kappa shape index (κ3) is 2.27. The number of piperidine rings is 1. The van der Waals surface area contributed by atoms with Crippen LogP contribution in [-0.2, 0) is 0 Å². The molecule has 0 aromatic rings. The Balaban J connectivity index is 2.03. The molecule has 3 nitrogen and oxygen atoms in total. The van der Waals surface area contributed by atoms with Crippen LogP contribution in [-0.4, -0.2) is 61.8 Å². The summed E-state index contributed by atoms with van der Waals surface area (Å²) >= 11 is 0. The topological polar surface area (TPSA) is 26.7 Å². The van der Waals surface area contributed by atoms with Crippen LogP contribution in [0.25, 0.3) is 0 Å². The summed E-state index contributed by atoms with van der Waals surface area (Å²) in [7, 11) is 6.57. The Bertz CT molecular complexity index is 230. The fourth-order valence-electron chi connectivity index (χ4n) is 3.52. The van der Waals surface area contributed by atoms with E-state index < -0.39 is 0 Å². The van der Waals surface area contributed by atoms with Crippen molar-refractivity contribution in [3.63, 3.8) is 0 Å². The SMILES string of the molecule is CN1CCC(C(N(C)C)C2(CO)CC2)CC1. The van der Waals surface area contributed by atoms with Crippen LogP contribution in [0.1, 0.15) is 25.7 Å². The van der Waals surface area contributed by atoms with Crippen molar-refractivity contribution in [2.75, 3.05) is 40.8 Å². The Morgan fingerprint density at radius 2 is 1.88 bits per heavy atom. The maximum Gasteiger partial charge on any atom is 0.0502 e. The Hall–Kier alpha value is -0.120. The summed E-state index contributed by atoms with van der Waals surface area (Å²) in [6, 6.07) is 0.589. The molecule has 16 heavy (non-hydrogen) atoms. The van der Waals surface area contributed by atoms with Gasteiger partial charge in [0.05, 0.1) is 6.61 Å². The molecule has 3 heteroatoms. The molecule has 1 saturated heterocycles. The van der Waals surface area contributed by atoms with Gasteiger partial charge in [0.1, 0.15) is 0 Å². The zero-order valence-electron chi connectivity index (χ0n) is 10.9. The molecule has 0 spiro atoms. The lowest BCUT2D eigenvalue weighted by molar-refractivity contribution is 0.0472. The Kier molecular flexibility index (Phi) is 3.57. The van der Waals surface area contributed by atoms with E-state index >= 15 is 0 Å². The molecular formula is C13H26N2O. The van der Waals surface area contributed by atoms with Crippen LogP contribution in [0.4, 0.5) is 0 Å². The summed E-state index contributed by atoms with van der Waals surface area (Å²) < 4.78 is 0. The largest absolute Gasteiger partial charge is 0.396 e. The van der Waals surface area contributed by atoms with E-state index in [0.717, 1.165) is 5.92 Å². The van der Waals surface area contributed by atoms with Crippen LogP contribution < -0.4 is 0 Å². The van der Waals surface area contributed by atoms with Gasteiger partial charge in [-0.25, -0.2) is 0 Å². The molecule has 1 N–H and O–H groups in total. The number of aliphatic hydroxyl groups excluding tert-OH is 1. The summed E-state index contributed by atoms with van der Waals surface area (Å²) in [5.41, 5.74) is 0.240. The molecule has 1 aliphatic carbocycles. The fourth-order valence-corrected chi connectivity index (χ4v) is 3.52. The van der Waals surface area contributed by atoms with Crippen LogP contribution in [0.3, 0.4) is 0 Å². The maximum absolute atomic E-state index is 9.62. The number of aliphatic hydroxyl groups is 1. The molecule has 2 fully saturated rings. The Morgan fingerprint density at radius 3 is 2.25 bits per heavy atom. The van der Waals surface area contributed by atoms with Crippen molar-refractivity contribution in [2.24, 2.45) is 11.3 Å². The number of likely N-dealkylation sites (tertiary alicyclic amines) is 1. The first-order valence-electron chi connectivity index (χ1n) is 6.55. The van der Waals surface area contributed by atoms with Gasteiger partial charge >= 0.3 is 0 Å². The highest BCUT2D eigenvalue weighted by Gasteiger charge is 2.52. The average Bonchev–Trinajstić information content (AvgIpc) is 3.02. The van der Waals surface area contributed by atoms with Crippen molar-refractivity contribution < 1.29 is 5.11 Å². The van der Waals surface area contributed by atoms with Crippen LogP contribution in [0.2, 0.25) is 0 Å². The van der Waals surface area contributed by atoms with E-state index in [9.17, 15) is 5.11 Å². The first kappa shape index (κ1) is 12.3. The van der Waals surface area contributed by atoms with Gasteiger partial charge in [0.15, 0.2) is 0 Å². The van der Waals surface area contributed by atoms with E-state index in [4.69, 9.17) is 0 Å². The highest BCUT2D eigenvalue weighted by molar-refractivity contribution is 5.04. The van der Waals surface area contributed by atoms with Gasteiger partial charge < -0.3 is 14.9 Å². The fraction of sp³-hybridized carbons (Fsp3) is 1.00. The molecular weight excluding hydrogens is 200 g/mol. The van der Waals surface area contributed by atoms with E-state index in [2.05, 4.69) is 30.9 Å². The van der Waals surface area contributed by atoms with Crippen molar-refractivity contribution in [3.05, 3.63) is 0 Å². The van der Waals surface area contributed by atoms with Crippen LogP contribution in [0, 0.1) is 11.3 Å². The van der Waals surface area contributed by atoms with E-state index in [1.54, 1.807) is 0 Å². The van der Waals surface area contributed by atoms with Crippen LogP contribution >= 0.6 is 0 Å². The quantitative estimate of drug-likeness (QED) is 0.775. The van der Waals surface area contributed by atoms with Crippen molar-refractivity contribution >= 4 is 0 Å². The molecule has 1 aliphatic heterocycles. The molecule has 94 valence electrons. The molecule has 0 aromatic heterocycles. The third-order valence-electron chi connectivity index (χ3n) is 4.60. The predicted octanol–water partition coefficient (Wildman–Crippen LogP) is 1.03. The molecule has 1 unspecified atom stereocenters. The van der Waals surface area contributed by atoms with Gasteiger partial charge in [0, 0.05) is 11.5 Å². The second-order valence-corrected chi connectivity index (χ2v) is 6.07. The summed E-state index contributed by atoms with van der Waals surface area (Å²) in [5.74, 6) is 0.779. The van der Waals surface area contributed by atoms with Crippen molar-refractivity contribution in [1.29, 1.82) is 0 Å². The van der Waals surface area contributed by atoms with Gasteiger partial charge in [-0.15, -0.1) is 0 Å². The van der Waals surface area contributed by atoms with Crippen molar-refractivity contribution in [3.8, 4) is 0 Å². The summed E-state index contributed by atoms with van der Waals surface area (Å²) in [6.07, 6.45) is 5.03. The summed E-state index contributed by atoms with van der Waals surface area (Å²) in [5, 5.41) is 9.62. The molecule has 0 amide bonds. The smallest absolute Gasteiger partial charge is 0.0502 e. The molecule has 1 atom stereocenters. The van der Waals surface area contributed by atoms with Crippen molar-refractivity contribution in [2.45, 2.75) is 31.7 Å². The first-order valence-corrected chi connectivity index (χ1v) is 6.55. The zero-order chi connectivity index (χ0) is 11.8. The zero-order valence-corrected chi connectivity index (χ0v) is 10.9. The second kappa shape index (κ2) is 4.63. The maximum atomic E-state index is 9.62. The van der Waals surface area contributed by atoms with Gasteiger partial charge in [0.2, 0.25) is 0 Å². The minimum absolute atomic E-state index is 0.240. The Morgan fingerprint density at radius 1 is 1.31 bits per heavy atom. The number of hydrogen-bond acceptors (Lipinski definition) is 3. The second-order valence-electron chi connectivity index (χ2n) is 6.07. The lowest BCUT2D eigenvalue weighted by atomic mass is 9.79. The third-order valence-corrected chi connectivity index (χ3v) is 4.60. The minimum Gasteiger partial charge on any atom is -0.396 e. The van der Waals surface area contributed by atoms with E-state index in [0.29, 0.717) is 12.6 Å². The summed E-state index contributed by atoms with van der Waals surface area (Å²) in [4.78, 5) is 4.78. The van der Waals surface area contributed by atoms with Gasteiger partial charge in [-0.1, -0.05) is 0 Å². The van der Waals surface area contributed by atoms with Gasteiger partial charge in [-0.2, -0.15) is 0 Å². The first-order chi connectivity index (χ1) is 7.59. The lowest BCUT2D eigenvalue weighted by Crippen LogP contribution is -2.48. The summed E-state index contributed by atoms with van der Waals surface area (Å²) in [6.45, 7) is 2.81. The van der Waals surface area contributed by atoms with Gasteiger partial charge in [0.25, 0.3) is 0 Å². The minimum atomic E-state index is 0.240. The Labute approximate surface area is 99.4 Å². The number of hydrogen-bond donors (Lipinski definition) is 1. The van der Waals surface area contributed by atoms with Crippen LogP contribution in [0.5, 0.6) is 0 Å². The molecule has 1 saturated carbocycles. The number of rotatable bonds is 4. The predicted molar refractivity (Wildman–Crippen MR) is 66.4 cm³/mol. The molecule has 0 bridgehead atoms. The normalized spacial score (nSPS) is 28.3. The standard InChI is InChI=1S/C13H26N2O/c1-14(2)12(13(10-16)6-7-13)11-4-8-15(3)9-5-11/h11-12,16H,4-10H2,1-3H3. The highest BCUT2D eigenvalue weighted by Crippen LogP contribution is 2.53. The molecule has 1 heterocycles. The molecule has 2 aliphatic rings. The van der Waals surface area contributed by atoms with E-state index in [1.165, 1.54) is 38.8 Å². The van der Waals surface area contributed by atoms with Gasteiger partial charge in [-0.3, -0.25) is 0 Å². The van der Waals surface area contributed by atoms with E-state index in [-0.39, 0.29) is 5.41 Å². The molecule has 0 aromatic carbocycles. The van der Waals surface area contributed by atoms with E-state index in [1.807, 2.05) is 0 Å². The number of nitrogens with zero attached hydrogens (tertiary/aromatic N) is 2. The van der Waals surface area contributed by atoms with Crippen molar-refractivity contribution in [1.82, 2.24) is 9.80 Å². The van der Waals surface area contributed by atoms with Crippen LogP contribution in [0.15, 0.2) is 0 Å². The monoisotopic (exact) mass is 226 g/mol. The van der Waals surface area contributed by atoms with Gasteiger partial charge in [-0.05, 0) is 65.8 Å². The average molecular weight is 226 g/mol. The lowest BCUT2D eigenvalue weighted by Gasteiger charge is -2.41.